The first-order valence-electron chi connectivity index (χ1n) is 5.48. The Hall–Kier alpha value is -0.154. The van der Waals surface area contributed by atoms with Crippen molar-refractivity contribution in [1.29, 1.82) is 0 Å². The third-order valence-electron chi connectivity index (χ3n) is 2.24. The summed E-state index contributed by atoms with van der Waals surface area (Å²) in [6, 6.07) is 0. The molecule has 0 heterocycles. The average molecular weight is 253 g/mol. The summed E-state index contributed by atoms with van der Waals surface area (Å²) in [7, 11) is 0. The van der Waals surface area contributed by atoms with E-state index >= 15 is 0 Å². The fourth-order valence-electron chi connectivity index (χ4n) is 1.70. The molecule has 0 N–H and O–H groups in total. The molecule has 0 unspecified atom stereocenters. The van der Waals surface area contributed by atoms with Crippen LogP contribution in [-0.2, 0) is 0 Å². The summed E-state index contributed by atoms with van der Waals surface area (Å²) >= 11 is -1.16. The Bertz CT molecular complexity index is 219. The van der Waals surface area contributed by atoms with Gasteiger partial charge in [0.1, 0.15) is 0 Å². The summed E-state index contributed by atoms with van der Waals surface area (Å²) < 4.78 is 2.56. The van der Waals surface area contributed by atoms with E-state index in [0.717, 1.165) is 18.8 Å². The molecule has 0 fully saturated rings. The Kier molecular flexibility index (Phi) is 7.10. The van der Waals surface area contributed by atoms with E-state index in [1.807, 2.05) is 0 Å². The monoisotopic (exact) mass is 252 g/mol. The van der Waals surface area contributed by atoms with Crippen LogP contribution in [0, 0.1) is 0 Å². The molecule has 14 heavy (non-hydrogen) atoms. The molecule has 0 atom stereocenters. The molecule has 0 radical (unpaired) electrons. The van der Waals surface area contributed by atoms with Crippen molar-refractivity contribution in [3.05, 3.63) is 11.8 Å². The van der Waals surface area contributed by atoms with Gasteiger partial charge in [-0.3, -0.25) is 0 Å². The van der Waals surface area contributed by atoms with E-state index in [0.29, 0.717) is 0 Å². The molecule has 0 bridgehead atoms. The van der Waals surface area contributed by atoms with Crippen molar-refractivity contribution >= 4 is 22.2 Å². The zero-order valence-corrected chi connectivity index (χ0v) is 12.9. The molecule has 3 heteroatoms. The second kappa shape index (κ2) is 7.18. The van der Waals surface area contributed by atoms with E-state index in [1.165, 1.54) is 5.70 Å². The molecule has 0 spiro atoms. The number of hydrogen-bond acceptors (Lipinski definition) is 2. The second-order valence-electron chi connectivity index (χ2n) is 3.78. The van der Waals surface area contributed by atoms with Crippen molar-refractivity contribution in [3.63, 3.8) is 0 Å². The van der Waals surface area contributed by atoms with E-state index in [2.05, 4.69) is 53.3 Å². The first kappa shape index (κ1) is 13.8. The summed E-state index contributed by atoms with van der Waals surface area (Å²) in [6.07, 6.45) is 2.21. The van der Waals surface area contributed by atoms with Crippen molar-refractivity contribution in [2.45, 2.75) is 38.7 Å². The van der Waals surface area contributed by atoms with Crippen LogP contribution >= 0.6 is 0 Å². The summed E-state index contributed by atoms with van der Waals surface area (Å²) in [4.78, 5) is 4.38. The third kappa shape index (κ3) is 4.91. The molecule has 0 aliphatic carbocycles. The molecule has 0 aliphatic heterocycles. The predicted octanol–water partition coefficient (Wildman–Crippen LogP) is 2.94. The summed E-state index contributed by atoms with van der Waals surface area (Å²) in [5.41, 5.74) is 7.34. The zero-order valence-electron chi connectivity index (χ0n) is 10.5. The second-order valence-corrected chi connectivity index (χ2v) is 9.68. The average Bonchev–Trinajstić information content (AvgIpc) is 2.04. The normalized spacial score (nSPS) is 13.0. The van der Waals surface area contributed by atoms with Crippen molar-refractivity contribution in [2.24, 2.45) is 4.99 Å². The van der Waals surface area contributed by atoms with E-state index in [1.54, 1.807) is 0 Å². The number of hydrogen-bond donors (Lipinski definition) is 0. The van der Waals surface area contributed by atoms with E-state index in [4.69, 9.17) is 0 Å². The summed E-state index contributed by atoms with van der Waals surface area (Å²) in [5.74, 6) is 0. The van der Waals surface area contributed by atoms with Crippen LogP contribution in [-0.4, -0.2) is 38.9 Å². The predicted molar refractivity (Wildman–Crippen MR) is 67.3 cm³/mol. The van der Waals surface area contributed by atoms with Gasteiger partial charge in [0, 0.05) is 0 Å². The van der Waals surface area contributed by atoms with Gasteiger partial charge in [0.25, 0.3) is 0 Å². The molecular formula is C11H23GaN2. The van der Waals surface area contributed by atoms with Gasteiger partial charge in [-0.15, -0.1) is 0 Å². The Morgan fingerprint density at radius 3 is 2.21 bits per heavy atom. The molecule has 0 aromatic rings. The van der Waals surface area contributed by atoms with Crippen LogP contribution in [0.3, 0.4) is 0 Å². The van der Waals surface area contributed by atoms with Gasteiger partial charge in [-0.25, -0.2) is 0 Å². The first-order valence-corrected chi connectivity index (χ1v) is 11.4. The quantitative estimate of drug-likeness (QED) is 0.543. The minimum absolute atomic E-state index is 0.880. The summed E-state index contributed by atoms with van der Waals surface area (Å²) in [5, 5.41) is 0. The molecule has 2 nitrogen and oxygen atoms in total. The van der Waals surface area contributed by atoms with E-state index in [9.17, 15) is 0 Å². The van der Waals surface area contributed by atoms with Gasteiger partial charge in [-0.1, -0.05) is 0 Å². The van der Waals surface area contributed by atoms with Crippen LogP contribution in [0.25, 0.3) is 0 Å². The van der Waals surface area contributed by atoms with E-state index in [-0.39, 0.29) is 0 Å². The SMILES string of the molecule is CCN=C(C)/C=C(/C)[N](CC)[Ga]([CH3])[CH3]. The molecule has 0 rings (SSSR count). The molecule has 0 saturated heterocycles. The molecule has 0 amide bonds. The zero-order chi connectivity index (χ0) is 11.1. The molecule has 0 aliphatic rings. The van der Waals surface area contributed by atoms with Crippen molar-refractivity contribution in [1.82, 2.24) is 3.61 Å². The van der Waals surface area contributed by atoms with E-state index < -0.39 is 16.5 Å². The number of allylic oxidation sites excluding steroid dienone is 2. The number of nitrogens with zero attached hydrogens (tertiary/aromatic N) is 2. The van der Waals surface area contributed by atoms with Crippen molar-refractivity contribution in [2.75, 3.05) is 13.1 Å². The maximum absolute atomic E-state index is 4.38. The van der Waals surface area contributed by atoms with Crippen LogP contribution in [0.5, 0.6) is 0 Å². The van der Waals surface area contributed by atoms with Gasteiger partial charge in [0.15, 0.2) is 0 Å². The van der Waals surface area contributed by atoms with Gasteiger partial charge >= 0.3 is 94.3 Å². The van der Waals surface area contributed by atoms with Crippen LogP contribution in [0.4, 0.5) is 0 Å². The fraction of sp³-hybridized carbons (Fsp3) is 0.727. The van der Waals surface area contributed by atoms with Crippen LogP contribution in [0.15, 0.2) is 16.8 Å². The minimum atomic E-state index is -1.16. The maximum atomic E-state index is 4.38. The van der Waals surface area contributed by atoms with Crippen molar-refractivity contribution < 1.29 is 0 Å². The van der Waals surface area contributed by atoms with Crippen LogP contribution in [0.2, 0.25) is 11.0 Å². The topological polar surface area (TPSA) is 15.6 Å². The molecule has 0 aromatic carbocycles. The molecule has 80 valence electrons. The fourth-order valence-corrected chi connectivity index (χ4v) is 5.10. The Morgan fingerprint density at radius 1 is 1.29 bits per heavy atom. The van der Waals surface area contributed by atoms with Crippen LogP contribution in [0.1, 0.15) is 27.7 Å². The van der Waals surface area contributed by atoms with Gasteiger partial charge < -0.3 is 0 Å². The Labute approximate surface area is 94.4 Å². The summed E-state index contributed by atoms with van der Waals surface area (Å²) in [6.45, 7) is 10.6. The molecule has 0 aromatic heterocycles. The molecule has 0 saturated carbocycles. The molecular weight excluding hydrogens is 230 g/mol. The Balaban J connectivity index is 4.56. The van der Waals surface area contributed by atoms with Gasteiger partial charge in [-0.2, -0.15) is 0 Å². The van der Waals surface area contributed by atoms with Gasteiger partial charge in [0.2, 0.25) is 0 Å². The van der Waals surface area contributed by atoms with Gasteiger partial charge in [0.05, 0.1) is 0 Å². The number of aliphatic imine (C=N–C) groups is 1. The standard InChI is InChI=1S/C9H17N2.2CH3.Ga/c1-5-10-8(3)7-9(4)11-6-2;;;/h7H,5-6H2,1-4H3;2*1H3;/q-1;;;+1/b8-7-,11-9?;;;. The van der Waals surface area contributed by atoms with Gasteiger partial charge in [-0.05, 0) is 0 Å². The number of rotatable bonds is 5. The Morgan fingerprint density at radius 2 is 1.86 bits per heavy atom. The first-order chi connectivity index (χ1) is 6.52. The van der Waals surface area contributed by atoms with Crippen molar-refractivity contribution in [3.8, 4) is 0 Å². The van der Waals surface area contributed by atoms with Crippen LogP contribution < -0.4 is 0 Å². The third-order valence-corrected chi connectivity index (χ3v) is 6.48.